The van der Waals surface area contributed by atoms with Gasteiger partial charge >= 0.3 is 0 Å². The highest BCUT2D eigenvalue weighted by atomic mass is 16.6. The van der Waals surface area contributed by atoms with Gasteiger partial charge in [-0.3, -0.25) is 29.4 Å². The van der Waals surface area contributed by atoms with Crippen LogP contribution in [0.1, 0.15) is 44.8 Å². The van der Waals surface area contributed by atoms with Gasteiger partial charge in [0.2, 0.25) is 17.7 Å². The van der Waals surface area contributed by atoms with Crippen molar-refractivity contribution in [2.24, 2.45) is 0 Å². The second-order valence-electron chi connectivity index (χ2n) is 11.7. The van der Waals surface area contributed by atoms with Gasteiger partial charge in [-0.2, -0.15) is 0 Å². The van der Waals surface area contributed by atoms with Crippen molar-refractivity contribution in [2.75, 3.05) is 60.0 Å². The van der Waals surface area contributed by atoms with E-state index in [0.717, 1.165) is 32.8 Å². The number of hydrogen-bond donors (Lipinski definition) is 1. The van der Waals surface area contributed by atoms with Crippen molar-refractivity contribution in [3.8, 4) is 17.4 Å². The Morgan fingerprint density at radius 1 is 0.750 bits per heavy atom. The third-order valence-electron chi connectivity index (χ3n) is 8.24. The maximum Gasteiger partial charge on any atom is 0.262 e. The van der Waals surface area contributed by atoms with E-state index in [1.165, 1.54) is 12.1 Å². The number of imide groups is 2. The maximum absolute atomic E-state index is 12.9. The fourth-order valence-corrected chi connectivity index (χ4v) is 5.64. The van der Waals surface area contributed by atoms with Gasteiger partial charge in [-0.05, 0) is 66.6 Å². The van der Waals surface area contributed by atoms with Gasteiger partial charge in [0, 0.05) is 24.1 Å². The highest BCUT2D eigenvalue weighted by Gasteiger charge is 2.44. The molecule has 1 unspecified atom stereocenters. The van der Waals surface area contributed by atoms with Crippen LogP contribution in [0.15, 0.2) is 66.9 Å². The Balaban J connectivity index is 0.804. The maximum atomic E-state index is 12.9. The standard InChI is InChI=1S/C38H38N4O10/c1-47-35-22-25(12-13-39-35)2-4-27-5-3-26-23-28(7-9-32(26)40-27)51-20-18-49-16-14-48-15-17-50-19-21-52-29-6-8-30-31(24-29)38(46)42(37(30)45)33-10-11-34(43)41-36(33)44/h2-9,12-13,22-24,33H,10-11,14-21H2,1H3,(H,41,43,44). The molecule has 52 heavy (non-hydrogen) atoms. The lowest BCUT2D eigenvalue weighted by Crippen LogP contribution is -2.54. The van der Waals surface area contributed by atoms with Gasteiger partial charge in [0.25, 0.3) is 11.8 Å². The summed E-state index contributed by atoms with van der Waals surface area (Å²) < 4.78 is 33.4. The first-order valence-electron chi connectivity index (χ1n) is 16.8. The largest absolute Gasteiger partial charge is 0.491 e. The molecular weight excluding hydrogens is 672 g/mol. The number of pyridine rings is 2. The Bertz CT molecular complexity index is 1970. The smallest absolute Gasteiger partial charge is 0.262 e. The summed E-state index contributed by atoms with van der Waals surface area (Å²) in [5, 5.41) is 3.15. The normalized spacial score (nSPS) is 15.7. The summed E-state index contributed by atoms with van der Waals surface area (Å²) in [7, 11) is 1.59. The summed E-state index contributed by atoms with van der Waals surface area (Å²) in [4.78, 5) is 59.2. The number of rotatable bonds is 18. The molecule has 2 aliphatic heterocycles. The van der Waals surface area contributed by atoms with E-state index in [4.69, 9.17) is 33.4 Å². The number of methoxy groups -OCH3 is 1. The van der Waals surface area contributed by atoms with E-state index >= 15 is 0 Å². The third kappa shape index (κ3) is 9.15. The zero-order valence-electron chi connectivity index (χ0n) is 28.6. The monoisotopic (exact) mass is 710 g/mol. The highest BCUT2D eigenvalue weighted by molar-refractivity contribution is 6.23. The quantitative estimate of drug-likeness (QED) is 0.118. The number of nitrogens with zero attached hydrogens (tertiary/aromatic N) is 3. The average molecular weight is 711 g/mol. The van der Waals surface area contributed by atoms with Crippen molar-refractivity contribution < 1.29 is 47.6 Å². The molecule has 4 heterocycles. The summed E-state index contributed by atoms with van der Waals surface area (Å²) in [6.45, 7) is 2.87. The molecule has 270 valence electrons. The van der Waals surface area contributed by atoms with E-state index in [9.17, 15) is 19.2 Å². The molecule has 4 aromatic rings. The average Bonchev–Trinajstić information content (AvgIpc) is 3.40. The SMILES string of the molecule is COc1cc(C=Cc2ccc3cc(OCCOCCOCCOCCOc4ccc5c(c4)C(=O)N(C4CCC(=O)NC4=O)C5=O)ccc3n2)ccn1. The third-order valence-corrected chi connectivity index (χ3v) is 8.24. The number of carbonyl (C=O) groups is 4. The van der Waals surface area contributed by atoms with Crippen LogP contribution in [0.3, 0.4) is 0 Å². The molecule has 2 aliphatic rings. The first-order chi connectivity index (χ1) is 25.4. The number of hydrogen-bond acceptors (Lipinski definition) is 12. The topological polar surface area (TPSA) is 165 Å². The van der Waals surface area contributed by atoms with Gasteiger partial charge in [0.05, 0.1) is 69.1 Å². The molecular formula is C38H38N4O10. The lowest BCUT2D eigenvalue weighted by molar-refractivity contribution is -0.136. The van der Waals surface area contributed by atoms with Crippen LogP contribution in [0.4, 0.5) is 0 Å². The fraction of sp³-hybridized carbons (Fsp3) is 0.316. The lowest BCUT2D eigenvalue weighted by atomic mass is 10.0. The van der Waals surface area contributed by atoms with E-state index < -0.39 is 29.7 Å². The van der Waals surface area contributed by atoms with Crippen LogP contribution < -0.4 is 19.5 Å². The van der Waals surface area contributed by atoms with Crippen molar-refractivity contribution in [1.29, 1.82) is 0 Å². The molecule has 14 heteroatoms. The van der Waals surface area contributed by atoms with Gasteiger partial charge in [-0.1, -0.05) is 12.1 Å². The number of piperidine rings is 1. The number of nitrogens with one attached hydrogen (secondary N) is 1. The number of ether oxygens (including phenoxy) is 6. The first kappa shape index (κ1) is 36.1. The predicted molar refractivity (Wildman–Crippen MR) is 188 cm³/mol. The zero-order chi connectivity index (χ0) is 36.3. The van der Waals surface area contributed by atoms with Gasteiger partial charge in [0.15, 0.2) is 0 Å². The van der Waals surface area contributed by atoms with Crippen molar-refractivity contribution in [1.82, 2.24) is 20.2 Å². The number of benzene rings is 2. The molecule has 1 N–H and O–H groups in total. The van der Waals surface area contributed by atoms with E-state index in [2.05, 4.69) is 10.3 Å². The lowest BCUT2D eigenvalue weighted by Gasteiger charge is -2.27. The van der Waals surface area contributed by atoms with Crippen LogP contribution in [-0.2, 0) is 23.8 Å². The van der Waals surface area contributed by atoms with E-state index in [1.54, 1.807) is 19.4 Å². The molecule has 0 saturated carbocycles. The van der Waals surface area contributed by atoms with Crippen LogP contribution in [-0.4, -0.2) is 105 Å². The Hall–Kier alpha value is -5.70. The number of fused-ring (bicyclic) bond motifs is 2. The van der Waals surface area contributed by atoms with Crippen LogP contribution in [0, 0.1) is 0 Å². The molecule has 0 spiro atoms. The van der Waals surface area contributed by atoms with E-state index in [0.29, 0.717) is 51.3 Å². The Labute approximate surface area is 299 Å². The molecule has 6 rings (SSSR count). The molecule has 0 bridgehead atoms. The Morgan fingerprint density at radius 2 is 1.42 bits per heavy atom. The fourth-order valence-electron chi connectivity index (χ4n) is 5.64. The highest BCUT2D eigenvalue weighted by Crippen LogP contribution is 2.30. The molecule has 1 fully saturated rings. The Kier molecular flexibility index (Phi) is 12.1. The molecule has 2 aromatic heterocycles. The number of amides is 4. The van der Waals surface area contributed by atoms with Gasteiger partial charge in [-0.15, -0.1) is 0 Å². The van der Waals surface area contributed by atoms with Crippen LogP contribution >= 0.6 is 0 Å². The molecule has 0 aliphatic carbocycles. The van der Waals surface area contributed by atoms with Crippen LogP contribution in [0.5, 0.6) is 17.4 Å². The van der Waals surface area contributed by atoms with Crippen molar-refractivity contribution in [3.05, 3.63) is 89.2 Å². The number of aromatic nitrogens is 2. The second-order valence-corrected chi connectivity index (χ2v) is 11.7. The molecule has 14 nitrogen and oxygen atoms in total. The van der Waals surface area contributed by atoms with E-state index in [1.807, 2.05) is 54.6 Å². The minimum absolute atomic E-state index is 0.0614. The summed E-state index contributed by atoms with van der Waals surface area (Å²) in [6, 6.07) is 17.0. The zero-order valence-corrected chi connectivity index (χ0v) is 28.6. The Morgan fingerprint density at radius 3 is 2.13 bits per heavy atom. The van der Waals surface area contributed by atoms with Crippen molar-refractivity contribution in [3.63, 3.8) is 0 Å². The molecule has 1 saturated heterocycles. The summed E-state index contributed by atoms with van der Waals surface area (Å²) in [5.74, 6) is -0.535. The number of carbonyl (C=O) groups excluding carboxylic acids is 4. The van der Waals surface area contributed by atoms with Crippen molar-refractivity contribution >= 4 is 46.7 Å². The van der Waals surface area contributed by atoms with E-state index in [-0.39, 0.29) is 37.2 Å². The minimum Gasteiger partial charge on any atom is -0.491 e. The molecule has 1 atom stereocenters. The second kappa shape index (κ2) is 17.5. The molecule has 2 aromatic carbocycles. The van der Waals surface area contributed by atoms with Crippen molar-refractivity contribution in [2.45, 2.75) is 18.9 Å². The molecule has 4 amide bonds. The van der Waals surface area contributed by atoms with Crippen LogP contribution in [0.2, 0.25) is 0 Å². The van der Waals surface area contributed by atoms with Gasteiger partial charge < -0.3 is 28.4 Å². The molecule has 0 radical (unpaired) electrons. The van der Waals surface area contributed by atoms with Gasteiger partial charge in [-0.25, -0.2) is 9.97 Å². The first-order valence-corrected chi connectivity index (χ1v) is 16.8. The summed E-state index contributed by atoms with van der Waals surface area (Å²) in [5.41, 5.74) is 3.02. The summed E-state index contributed by atoms with van der Waals surface area (Å²) >= 11 is 0. The van der Waals surface area contributed by atoms with Crippen LogP contribution in [0.25, 0.3) is 23.1 Å². The van der Waals surface area contributed by atoms with Gasteiger partial charge in [0.1, 0.15) is 30.8 Å². The minimum atomic E-state index is -1.01. The predicted octanol–water partition coefficient (Wildman–Crippen LogP) is 3.72. The summed E-state index contributed by atoms with van der Waals surface area (Å²) in [6.07, 6.45) is 5.77.